The number of methoxy groups -OCH3 is 1. The smallest absolute Gasteiger partial charge is 0.245 e. The fourth-order valence-corrected chi connectivity index (χ4v) is 2.54. The summed E-state index contributed by atoms with van der Waals surface area (Å²) in [5, 5.41) is 5.50. The number of hydrogen-bond acceptors (Lipinski definition) is 3. The van der Waals surface area contributed by atoms with E-state index >= 15 is 0 Å². The van der Waals surface area contributed by atoms with E-state index < -0.39 is 12.1 Å². The molecule has 1 aliphatic rings. The van der Waals surface area contributed by atoms with Gasteiger partial charge in [-0.05, 0) is 37.5 Å². The molecule has 0 saturated carbocycles. The first-order chi connectivity index (χ1) is 10.0. The Labute approximate surface area is 132 Å². The highest BCUT2D eigenvalue weighted by molar-refractivity contribution is 9.10. The summed E-state index contributed by atoms with van der Waals surface area (Å²) in [4.78, 5) is 24.1. The molecule has 1 fully saturated rings. The lowest BCUT2D eigenvalue weighted by atomic mass is 10.0. The lowest BCUT2D eigenvalue weighted by molar-refractivity contribution is -0.140. The Bertz CT molecular complexity index is 518. The molecule has 1 unspecified atom stereocenters. The summed E-state index contributed by atoms with van der Waals surface area (Å²) in [5.41, 5.74) is 1.13. The van der Waals surface area contributed by atoms with Crippen LogP contribution < -0.4 is 10.6 Å². The van der Waals surface area contributed by atoms with E-state index in [9.17, 15) is 9.59 Å². The topological polar surface area (TPSA) is 67.4 Å². The Kier molecular flexibility index (Phi) is 5.36. The van der Waals surface area contributed by atoms with Crippen molar-refractivity contribution in [2.45, 2.75) is 38.0 Å². The van der Waals surface area contributed by atoms with Gasteiger partial charge < -0.3 is 15.4 Å². The van der Waals surface area contributed by atoms with Gasteiger partial charge in [0.1, 0.15) is 12.1 Å². The minimum absolute atomic E-state index is 0.152. The van der Waals surface area contributed by atoms with Crippen molar-refractivity contribution in [1.29, 1.82) is 0 Å². The van der Waals surface area contributed by atoms with Crippen molar-refractivity contribution in [2.24, 2.45) is 0 Å². The Morgan fingerprint density at radius 2 is 1.86 bits per heavy atom. The summed E-state index contributed by atoms with van der Waals surface area (Å²) < 4.78 is 6.12. The molecule has 2 N–H and O–H groups in total. The van der Waals surface area contributed by atoms with Gasteiger partial charge in [-0.25, -0.2) is 0 Å². The highest BCUT2D eigenvalue weighted by atomic mass is 79.9. The van der Waals surface area contributed by atoms with Crippen LogP contribution >= 0.6 is 15.9 Å². The van der Waals surface area contributed by atoms with Gasteiger partial charge in [-0.15, -0.1) is 0 Å². The van der Waals surface area contributed by atoms with Crippen molar-refractivity contribution in [3.8, 4) is 0 Å². The third kappa shape index (κ3) is 4.04. The largest absolute Gasteiger partial charge is 0.379 e. The zero-order valence-corrected chi connectivity index (χ0v) is 13.6. The molecular weight excluding hydrogens is 336 g/mol. The Morgan fingerprint density at radius 1 is 1.19 bits per heavy atom. The number of carbonyl (C=O) groups excluding carboxylic acids is 2. The summed E-state index contributed by atoms with van der Waals surface area (Å²) in [5.74, 6) is -0.342. The van der Waals surface area contributed by atoms with Gasteiger partial charge in [0.25, 0.3) is 0 Å². The van der Waals surface area contributed by atoms with Gasteiger partial charge in [-0.1, -0.05) is 28.1 Å². The van der Waals surface area contributed by atoms with Crippen LogP contribution in [0.15, 0.2) is 28.7 Å². The van der Waals surface area contributed by atoms with E-state index in [1.54, 1.807) is 6.92 Å². The maximum atomic E-state index is 12.1. The van der Waals surface area contributed by atoms with E-state index in [2.05, 4.69) is 26.6 Å². The first-order valence-electron chi connectivity index (χ1n) is 6.89. The number of carbonyl (C=O) groups is 2. The van der Waals surface area contributed by atoms with Gasteiger partial charge in [0, 0.05) is 11.6 Å². The second-order valence-corrected chi connectivity index (χ2v) is 6.07. The molecule has 21 heavy (non-hydrogen) atoms. The van der Waals surface area contributed by atoms with Crippen molar-refractivity contribution in [2.75, 3.05) is 7.11 Å². The minimum atomic E-state index is -0.619. The summed E-state index contributed by atoms with van der Waals surface area (Å²) in [6, 6.07) is 6.83. The number of halogens is 1. The summed E-state index contributed by atoms with van der Waals surface area (Å²) in [6.45, 7) is 1.76. The number of nitrogens with one attached hydrogen (secondary N) is 2. The molecule has 1 aliphatic heterocycles. The maximum absolute atomic E-state index is 12.1. The third-order valence-electron chi connectivity index (χ3n) is 3.69. The predicted octanol–water partition coefficient (Wildman–Crippen LogP) is 1.40. The maximum Gasteiger partial charge on any atom is 0.245 e. The van der Waals surface area contributed by atoms with E-state index in [0.717, 1.165) is 16.5 Å². The first-order valence-corrected chi connectivity index (χ1v) is 7.68. The lowest BCUT2D eigenvalue weighted by Gasteiger charge is -2.32. The average Bonchev–Trinajstić information content (AvgIpc) is 2.48. The Hall–Kier alpha value is -1.40. The molecule has 0 aliphatic carbocycles. The second kappa shape index (κ2) is 7.04. The fourth-order valence-electron chi connectivity index (χ4n) is 2.28. The molecule has 2 rings (SSSR count). The molecule has 5 nitrogen and oxygen atoms in total. The standard InChI is InChI=1S/C15H19BrN2O3/c1-9(21-2)13-15(20)17-12(14(19)18-13)8-5-10-3-6-11(16)7-4-10/h3-4,6-7,9,12-13H,5,8H2,1-2H3,(H,17,20)(H,18,19)/t9-,12?,13+/m1/s1. The van der Waals surface area contributed by atoms with Crippen molar-refractivity contribution in [3.63, 3.8) is 0 Å². The normalized spacial score (nSPS) is 23.4. The first kappa shape index (κ1) is 16.0. The third-order valence-corrected chi connectivity index (χ3v) is 4.22. The van der Waals surface area contributed by atoms with Gasteiger partial charge in [0.15, 0.2) is 0 Å². The van der Waals surface area contributed by atoms with Crippen molar-refractivity contribution in [3.05, 3.63) is 34.3 Å². The van der Waals surface area contributed by atoms with Crippen LogP contribution in [0.25, 0.3) is 0 Å². The van der Waals surface area contributed by atoms with Crippen LogP contribution in [0.4, 0.5) is 0 Å². The van der Waals surface area contributed by atoms with Crippen LogP contribution in [0.3, 0.4) is 0 Å². The summed E-state index contributed by atoms with van der Waals surface area (Å²) >= 11 is 3.38. The molecule has 6 heteroatoms. The molecular formula is C15H19BrN2O3. The lowest BCUT2D eigenvalue weighted by Crippen LogP contribution is -2.64. The van der Waals surface area contributed by atoms with Crippen LogP contribution in [0.1, 0.15) is 18.9 Å². The van der Waals surface area contributed by atoms with E-state index in [-0.39, 0.29) is 17.9 Å². The molecule has 2 amide bonds. The number of ether oxygens (including phenoxy) is 1. The van der Waals surface area contributed by atoms with Crippen LogP contribution in [0.2, 0.25) is 0 Å². The minimum Gasteiger partial charge on any atom is -0.379 e. The molecule has 0 aromatic heterocycles. The Morgan fingerprint density at radius 3 is 2.48 bits per heavy atom. The van der Waals surface area contributed by atoms with Crippen LogP contribution in [0.5, 0.6) is 0 Å². The number of amides is 2. The highest BCUT2D eigenvalue weighted by Crippen LogP contribution is 2.14. The fraction of sp³-hybridized carbons (Fsp3) is 0.467. The van der Waals surface area contributed by atoms with E-state index in [1.165, 1.54) is 7.11 Å². The number of benzene rings is 1. The van der Waals surface area contributed by atoms with Gasteiger partial charge in [0.05, 0.1) is 6.10 Å². The summed E-state index contributed by atoms with van der Waals surface area (Å²) in [6.07, 6.45) is 0.963. The number of aryl methyl sites for hydroxylation is 1. The predicted molar refractivity (Wildman–Crippen MR) is 82.8 cm³/mol. The SMILES string of the molecule is CO[C@H](C)[C@@H]1NC(=O)C(CCc2ccc(Br)cc2)NC1=O. The van der Waals surface area contributed by atoms with Crippen LogP contribution in [0, 0.1) is 0 Å². The van der Waals surface area contributed by atoms with E-state index in [0.29, 0.717) is 6.42 Å². The molecule has 0 bridgehead atoms. The average molecular weight is 355 g/mol. The molecule has 1 heterocycles. The quantitative estimate of drug-likeness (QED) is 0.839. The molecule has 114 valence electrons. The summed E-state index contributed by atoms with van der Waals surface area (Å²) in [7, 11) is 1.52. The molecule has 1 aromatic rings. The van der Waals surface area contributed by atoms with Crippen molar-refractivity contribution >= 4 is 27.7 Å². The van der Waals surface area contributed by atoms with Gasteiger partial charge in [0.2, 0.25) is 11.8 Å². The number of hydrogen-bond donors (Lipinski definition) is 2. The zero-order chi connectivity index (χ0) is 15.4. The van der Waals surface area contributed by atoms with Gasteiger partial charge >= 0.3 is 0 Å². The Balaban J connectivity index is 1.92. The van der Waals surface area contributed by atoms with Crippen LogP contribution in [-0.2, 0) is 20.7 Å². The van der Waals surface area contributed by atoms with Gasteiger partial charge in [-0.3, -0.25) is 9.59 Å². The van der Waals surface area contributed by atoms with E-state index in [4.69, 9.17) is 4.74 Å². The van der Waals surface area contributed by atoms with Gasteiger partial charge in [-0.2, -0.15) is 0 Å². The molecule has 3 atom stereocenters. The molecule has 0 radical (unpaired) electrons. The van der Waals surface area contributed by atoms with Crippen molar-refractivity contribution in [1.82, 2.24) is 10.6 Å². The molecule has 0 spiro atoms. The van der Waals surface area contributed by atoms with Crippen molar-refractivity contribution < 1.29 is 14.3 Å². The highest BCUT2D eigenvalue weighted by Gasteiger charge is 2.36. The van der Waals surface area contributed by atoms with E-state index in [1.807, 2.05) is 24.3 Å². The number of piperazine rings is 1. The number of rotatable bonds is 5. The zero-order valence-electron chi connectivity index (χ0n) is 12.1. The molecule has 1 aromatic carbocycles. The monoisotopic (exact) mass is 354 g/mol. The molecule has 1 saturated heterocycles. The second-order valence-electron chi connectivity index (χ2n) is 5.15. The van der Waals surface area contributed by atoms with Crippen LogP contribution in [-0.4, -0.2) is 37.1 Å².